The van der Waals surface area contributed by atoms with E-state index in [9.17, 15) is 9.59 Å². The topological polar surface area (TPSA) is 57.9 Å². The van der Waals surface area contributed by atoms with Crippen molar-refractivity contribution < 1.29 is 9.59 Å². The fourth-order valence-corrected chi connectivity index (χ4v) is 3.59. The van der Waals surface area contributed by atoms with E-state index in [1.54, 1.807) is 15.5 Å². The van der Waals surface area contributed by atoms with Crippen LogP contribution in [0.2, 0.25) is 0 Å². The van der Waals surface area contributed by atoms with Gasteiger partial charge >= 0.3 is 0 Å². The molecule has 0 saturated carbocycles. The van der Waals surface area contributed by atoms with E-state index in [4.69, 9.17) is 0 Å². The highest BCUT2D eigenvalue weighted by atomic mass is 16.2. The maximum absolute atomic E-state index is 13.3. The quantitative estimate of drug-likeness (QED) is 0.716. The molecule has 2 amide bonds. The van der Waals surface area contributed by atoms with Gasteiger partial charge in [-0.25, -0.2) is 4.98 Å². The molecule has 138 valence electrons. The van der Waals surface area contributed by atoms with Gasteiger partial charge in [-0.15, -0.1) is 0 Å². The minimum atomic E-state index is -0.217. The number of amides is 2. The van der Waals surface area contributed by atoms with Crippen LogP contribution in [0, 0.1) is 0 Å². The predicted octanol–water partition coefficient (Wildman–Crippen LogP) is 3.24. The average Bonchev–Trinajstić information content (AvgIpc) is 3.37. The van der Waals surface area contributed by atoms with Crippen molar-refractivity contribution in [2.24, 2.45) is 0 Å². The lowest BCUT2D eigenvalue weighted by atomic mass is 10.3. The normalized spacial score (nSPS) is 13.9. The molecule has 0 aliphatic carbocycles. The molecule has 1 aliphatic heterocycles. The molecule has 0 spiro atoms. The summed E-state index contributed by atoms with van der Waals surface area (Å²) in [5.74, 6) is -0.0535. The largest absolute Gasteiger partial charge is 0.337 e. The summed E-state index contributed by atoms with van der Waals surface area (Å²) in [5, 5.41) is 0. The van der Waals surface area contributed by atoms with Crippen LogP contribution in [-0.4, -0.2) is 45.7 Å². The molecule has 0 unspecified atom stereocenters. The van der Waals surface area contributed by atoms with Gasteiger partial charge in [-0.1, -0.05) is 24.3 Å². The van der Waals surface area contributed by atoms with Gasteiger partial charge in [0.25, 0.3) is 11.8 Å². The van der Waals surface area contributed by atoms with Gasteiger partial charge in [0.1, 0.15) is 0 Å². The van der Waals surface area contributed by atoms with E-state index < -0.39 is 0 Å². The molecule has 3 heterocycles. The smallest absolute Gasteiger partial charge is 0.294 e. The van der Waals surface area contributed by atoms with Gasteiger partial charge in [0, 0.05) is 31.5 Å². The number of imidazole rings is 1. The van der Waals surface area contributed by atoms with Crippen molar-refractivity contribution in [1.82, 2.24) is 14.3 Å². The van der Waals surface area contributed by atoms with Gasteiger partial charge in [0.2, 0.25) is 5.82 Å². The van der Waals surface area contributed by atoms with Crippen molar-refractivity contribution in [3.63, 3.8) is 0 Å². The molecule has 6 heteroatoms. The Labute approximate surface area is 158 Å². The number of para-hydroxylation sites is 1. The molecule has 0 radical (unpaired) electrons. The van der Waals surface area contributed by atoms with Gasteiger partial charge in [-0.2, -0.15) is 0 Å². The molecular weight excluding hydrogens is 340 g/mol. The number of nitrogens with zero attached hydrogens (tertiary/aromatic N) is 4. The molecule has 2 aromatic heterocycles. The molecule has 6 nitrogen and oxygen atoms in total. The van der Waals surface area contributed by atoms with E-state index in [-0.39, 0.29) is 17.6 Å². The van der Waals surface area contributed by atoms with Crippen LogP contribution in [-0.2, 0) is 0 Å². The SMILES string of the molecule is CCN(C(=O)c1nc(C(=O)N2CCCC2)c2ccccn12)c1ccccc1. The van der Waals surface area contributed by atoms with Crippen LogP contribution in [0.25, 0.3) is 5.52 Å². The Hall–Kier alpha value is -3.15. The Bertz CT molecular complexity index is 974. The summed E-state index contributed by atoms with van der Waals surface area (Å²) in [5.41, 5.74) is 1.83. The molecule has 0 bridgehead atoms. The van der Waals surface area contributed by atoms with Gasteiger partial charge in [-0.05, 0) is 44.0 Å². The van der Waals surface area contributed by atoms with E-state index in [2.05, 4.69) is 4.98 Å². The number of rotatable bonds is 4. The van der Waals surface area contributed by atoms with Gasteiger partial charge in [-0.3, -0.25) is 14.0 Å². The van der Waals surface area contributed by atoms with E-state index in [0.29, 0.717) is 17.8 Å². The third kappa shape index (κ3) is 3.07. The van der Waals surface area contributed by atoms with Crippen molar-refractivity contribution in [2.75, 3.05) is 24.5 Å². The summed E-state index contributed by atoms with van der Waals surface area (Å²) in [6.45, 7) is 3.94. The number of hydrogen-bond acceptors (Lipinski definition) is 3. The highest BCUT2D eigenvalue weighted by Crippen LogP contribution is 2.21. The first kappa shape index (κ1) is 17.3. The predicted molar refractivity (Wildman–Crippen MR) is 104 cm³/mol. The average molecular weight is 362 g/mol. The lowest BCUT2D eigenvalue weighted by Crippen LogP contribution is -2.32. The van der Waals surface area contributed by atoms with E-state index >= 15 is 0 Å². The summed E-state index contributed by atoms with van der Waals surface area (Å²) in [6, 6.07) is 15.1. The molecule has 1 aromatic carbocycles. The van der Waals surface area contributed by atoms with Crippen LogP contribution < -0.4 is 4.90 Å². The second kappa shape index (κ2) is 7.23. The number of benzene rings is 1. The number of anilines is 1. The monoisotopic (exact) mass is 362 g/mol. The van der Waals surface area contributed by atoms with Crippen LogP contribution in [0.4, 0.5) is 5.69 Å². The molecule has 27 heavy (non-hydrogen) atoms. The summed E-state index contributed by atoms with van der Waals surface area (Å²) < 4.78 is 1.72. The zero-order valence-electron chi connectivity index (χ0n) is 15.3. The van der Waals surface area contributed by atoms with Crippen LogP contribution in [0.3, 0.4) is 0 Å². The highest BCUT2D eigenvalue weighted by Gasteiger charge is 2.28. The first-order chi connectivity index (χ1) is 13.2. The second-order valence-corrected chi connectivity index (χ2v) is 6.62. The number of carbonyl (C=O) groups is 2. The summed E-state index contributed by atoms with van der Waals surface area (Å²) in [4.78, 5) is 34.2. The Balaban J connectivity index is 1.77. The Morgan fingerprint density at radius 3 is 2.44 bits per heavy atom. The van der Waals surface area contributed by atoms with Gasteiger partial charge in [0.05, 0.1) is 5.52 Å². The summed E-state index contributed by atoms with van der Waals surface area (Å²) in [6.07, 6.45) is 3.82. The van der Waals surface area contributed by atoms with E-state index in [1.807, 2.05) is 60.4 Å². The number of hydrogen-bond donors (Lipinski definition) is 0. The van der Waals surface area contributed by atoms with Gasteiger partial charge in [0.15, 0.2) is 5.69 Å². The van der Waals surface area contributed by atoms with E-state index in [1.165, 1.54) is 0 Å². The number of fused-ring (bicyclic) bond motifs is 1. The summed E-state index contributed by atoms with van der Waals surface area (Å²) >= 11 is 0. The number of pyridine rings is 1. The Morgan fingerprint density at radius 1 is 1.04 bits per heavy atom. The van der Waals surface area contributed by atoms with Crippen LogP contribution in [0.1, 0.15) is 40.9 Å². The Kier molecular flexibility index (Phi) is 4.62. The maximum atomic E-state index is 13.3. The van der Waals surface area contributed by atoms with Crippen molar-refractivity contribution >= 4 is 23.0 Å². The maximum Gasteiger partial charge on any atom is 0.294 e. The fourth-order valence-electron chi connectivity index (χ4n) is 3.59. The van der Waals surface area contributed by atoms with Crippen molar-refractivity contribution in [1.29, 1.82) is 0 Å². The Morgan fingerprint density at radius 2 is 1.74 bits per heavy atom. The standard InChI is InChI=1S/C21H22N4O2/c1-2-24(16-10-4-3-5-11-16)21(27)19-22-18(17-12-6-7-15-25(17)19)20(26)23-13-8-9-14-23/h3-7,10-12,15H,2,8-9,13-14H2,1H3. The lowest BCUT2D eigenvalue weighted by molar-refractivity contribution is 0.0789. The third-order valence-corrected chi connectivity index (χ3v) is 4.96. The molecule has 0 N–H and O–H groups in total. The fraction of sp³-hybridized carbons (Fsp3) is 0.286. The second-order valence-electron chi connectivity index (χ2n) is 6.62. The highest BCUT2D eigenvalue weighted by molar-refractivity contribution is 6.07. The van der Waals surface area contributed by atoms with Crippen LogP contribution >= 0.6 is 0 Å². The molecule has 3 aromatic rings. The molecule has 0 atom stereocenters. The molecule has 1 fully saturated rings. The summed E-state index contributed by atoms with van der Waals surface area (Å²) in [7, 11) is 0. The van der Waals surface area contributed by atoms with Crippen molar-refractivity contribution in [3.05, 3.63) is 66.2 Å². The molecule has 4 rings (SSSR count). The zero-order chi connectivity index (χ0) is 18.8. The van der Waals surface area contributed by atoms with Crippen LogP contribution in [0.15, 0.2) is 54.7 Å². The van der Waals surface area contributed by atoms with Crippen molar-refractivity contribution in [2.45, 2.75) is 19.8 Å². The van der Waals surface area contributed by atoms with Crippen molar-refractivity contribution in [3.8, 4) is 0 Å². The van der Waals surface area contributed by atoms with Gasteiger partial charge < -0.3 is 9.80 Å². The molecule has 1 saturated heterocycles. The minimum Gasteiger partial charge on any atom is -0.337 e. The zero-order valence-corrected chi connectivity index (χ0v) is 15.3. The number of aromatic nitrogens is 2. The third-order valence-electron chi connectivity index (χ3n) is 4.96. The molecule has 1 aliphatic rings. The number of likely N-dealkylation sites (tertiary alicyclic amines) is 1. The van der Waals surface area contributed by atoms with Crippen LogP contribution in [0.5, 0.6) is 0 Å². The minimum absolute atomic E-state index is 0.0991. The lowest BCUT2D eigenvalue weighted by Gasteiger charge is -2.20. The number of carbonyl (C=O) groups excluding carboxylic acids is 2. The first-order valence-corrected chi connectivity index (χ1v) is 9.34. The van der Waals surface area contributed by atoms with E-state index in [0.717, 1.165) is 31.6 Å². The molecular formula is C21H22N4O2. The first-order valence-electron chi connectivity index (χ1n) is 9.34.